The molecule has 0 saturated heterocycles. The Balaban J connectivity index is 1.90. The number of para-hydroxylation sites is 1. The van der Waals surface area contributed by atoms with Crippen LogP contribution in [0.2, 0.25) is 5.02 Å². The maximum absolute atomic E-state index is 10.9. The van der Waals surface area contributed by atoms with E-state index < -0.39 is 0 Å². The molecule has 0 atom stereocenters. The van der Waals surface area contributed by atoms with Crippen LogP contribution in [0.3, 0.4) is 0 Å². The number of nitrogens with one attached hydrogen (secondary N) is 1. The lowest BCUT2D eigenvalue weighted by Gasteiger charge is -2.14. The van der Waals surface area contributed by atoms with Gasteiger partial charge < -0.3 is 14.2 Å². The van der Waals surface area contributed by atoms with E-state index >= 15 is 0 Å². The van der Waals surface area contributed by atoms with E-state index in [1.165, 1.54) is 20.2 Å². The first kappa shape index (κ1) is 20.6. The minimum Gasteiger partial charge on any atom is -0.493 e. The summed E-state index contributed by atoms with van der Waals surface area (Å²) >= 11 is 6.30. The zero-order chi connectivity index (χ0) is 19.6. The molecular formula is C20H23ClN2O4. The van der Waals surface area contributed by atoms with Gasteiger partial charge in [0.15, 0.2) is 11.5 Å². The van der Waals surface area contributed by atoms with Crippen molar-refractivity contribution in [1.82, 2.24) is 5.43 Å². The van der Waals surface area contributed by atoms with Crippen molar-refractivity contribution in [2.45, 2.75) is 20.3 Å². The number of nitrogens with zero attached hydrogens (tertiary/aromatic N) is 1. The van der Waals surface area contributed by atoms with E-state index in [1.54, 1.807) is 12.1 Å². The van der Waals surface area contributed by atoms with E-state index in [0.717, 1.165) is 11.3 Å². The van der Waals surface area contributed by atoms with Crippen LogP contribution < -0.4 is 19.6 Å². The number of hydrogen-bond donors (Lipinski definition) is 1. The minimum absolute atomic E-state index is 0.253. The predicted molar refractivity (Wildman–Crippen MR) is 106 cm³/mol. The van der Waals surface area contributed by atoms with Gasteiger partial charge in [0.05, 0.1) is 31.6 Å². The fourth-order valence-corrected chi connectivity index (χ4v) is 2.56. The number of carbonyl (C=O) groups is 1. The second-order valence-corrected chi connectivity index (χ2v) is 6.18. The van der Waals surface area contributed by atoms with E-state index in [0.29, 0.717) is 41.7 Å². The van der Waals surface area contributed by atoms with E-state index in [2.05, 4.69) is 10.5 Å². The van der Waals surface area contributed by atoms with Gasteiger partial charge in [0.1, 0.15) is 5.75 Å². The Bertz CT molecular complexity index is 809. The van der Waals surface area contributed by atoms with Crippen LogP contribution in [-0.2, 0) is 4.79 Å². The van der Waals surface area contributed by atoms with Gasteiger partial charge in [-0.25, -0.2) is 5.43 Å². The van der Waals surface area contributed by atoms with E-state index in [1.807, 2.05) is 31.2 Å². The third-order valence-electron chi connectivity index (χ3n) is 3.57. The molecule has 0 aromatic heterocycles. The highest BCUT2D eigenvalue weighted by atomic mass is 35.5. The number of ether oxygens (including phenoxy) is 3. The summed E-state index contributed by atoms with van der Waals surface area (Å²) < 4.78 is 16.9. The fourth-order valence-electron chi connectivity index (χ4n) is 2.29. The number of aryl methyl sites for hydroxylation is 1. The summed E-state index contributed by atoms with van der Waals surface area (Å²) in [5.74, 6) is 1.58. The first-order valence-electron chi connectivity index (χ1n) is 8.49. The molecule has 2 aromatic rings. The Labute approximate surface area is 164 Å². The van der Waals surface area contributed by atoms with Gasteiger partial charge in [0.2, 0.25) is 5.91 Å². The van der Waals surface area contributed by atoms with Gasteiger partial charge in [-0.1, -0.05) is 29.8 Å². The van der Waals surface area contributed by atoms with Crippen LogP contribution in [0, 0.1) is 6.92 Å². The molecule has 0 radical (unpaired) electrons. The molecule has 2 aromatic carbocycles. The van der Waals surface area contributed by atoms with Gasteiger partial charge in [-0.05, 0) is 36.2 Å². The summed E-state index contributed by atoms with van der Waals surface area (Å²) in [6, 6.07) is 11.3. The van der Waals surface area contributed by atoms with Crippen molar-refractivity contribution in [1.29, 1.82) is 0 Å². The molecule has 144 valence electrons. The van der Waals surface area contributed by atoms with Crippen molar-refractivity contribution in [2.75, 3.05) is 20.3 Å². The number of benzene rings is 2. The van der Waals surface area contributed by atoms with Crippen LogP contribution in [0.1, 0.15) is 24.5 Å². The van der Waals surface area contributed by atoms with Crippen molar-refractivity contribution in [3.8, 4) is 17.2 Å². The Morgan fingerprint density at radius 3 is 2.63 bits per heavy atom. The first-order chi connectivity index (χ1) is 13.0. The smallest absolute Gasteiger partial charge is 0.236 e. The number of carbonyl (C=O) groups excluding carboxylic acids is 1. The lowest BCUT2D eigenvalue weighted by molar-refractivity contribution is -0.118. The minimum atomic E-state index is -0.253. The second-order valence-electron chi connectivity index (χ2n) is 5.78. The molecule has 1 N–H and O–H groups in total. The summed E-state index contributed by atoms with van der Waals surface area (Å²) in [4.78, 5) is 10.9. The van der Waals surface area contributed by atoms with Gasteiger partial charge in [0, 0.05) is 13.3 Å². The fraction of sp³-hybridized carbons (Fsp3) is 0.300. The Kier molecular flexibility index (Phi) is 7.95. The molecular weight excluding hydrogens is 368 g/mol. The molecule has 6 nitrogen and oxygen atoms in total. The van der Waals surface area contributed by atoms with Gasteiger partial charge in [-0.15, -0.1) is 0 Å². The average Bonchev–Trinajstić information content (AvgIpc) is 2.63. The maximum Gasteiger partial charge on any atom is 0.236 e. The molecule has 27 heavy (non-hydrogen) atoms. The maximum atomic E-state index is 10.9. The first-order valence-corrected chi connectivity index (χ1v) is 8.87. The van der Waals surface area contributed by atoms with Gasteiger partial charge in [-0.3, -0.25) is 4.79 Å². The number of rotatable bonds is 9. The standard InChI is InChI=1S/C20H23ClN2O4/c1-14-7-4-5-8-18(14)26-9-6-10-27-20-17(21)11-16(12-19(20)25-3)13-22-23-15(2)24/h4-5,7-8,11-13H,6,9-10H2,1-3H3,(H,23,24)/b22-13+. The topological polar surface area (TPSA) is 69.2 Å². The average molecular weight is 391 g/mol. The van der Waals surface area contributed by atoms with Crippen LogP contribution in [-0.4, -0.2) is 32.4 Å². The van der Waals surface area contributed by atoms with Crippen LogP contribution in [0.15, 0.2) is 41.5 Å². The monoisotopic (exact) mass is 390 g/mol. The highest BCUT2D eigenvalue weighted by Crippen LogP contribution is 2.36. The summed E-state index contributed by atoms with van der Waals surface area (Å²) in [5.41, 5.74) is 4.11. The molecule has 0 aliphatic rings. The van der Waals surface area contributed by atoms with Crippen molar-refractivity contribution < 1.29 is 19.0 Å². The largest absolute Gasteiger partial charge is 0.493 e. The number of hydrogen-bond acceptors (Lipinski definition) is 5. The SMILES string of the molecule is COc1cc(/C=N/NC(C)=O)cc(Cl)c1OCCCOc1ccccc1C. The number of halogens is 1. The van der Waals surface area contributed by atoms with Crippen molar-refractivity contribution >= 4 is 23.7 Å². The molecule has 0 heterocycles. The van der Waals surface area contributed by atoms with Gasteiger partial charge >= 0.3 is 0 Å². The quantitative estimate of drug-likeness (QED) is 0.399. The van der Waals surface area contributed by atoms with Crippen molar-refractivity contribution in [3.05, 3.63) is 52.5 Å². The van der Waals surface area contributed by atoms with Crippen LogP contribution >= 0.6 is 11.6 Å². The molecule has 0 aliphatic heterocycles. The number of hydrazone groups is 1. The zero-order valence-electron chi connectivity index (χ0n) is 15.6. The molecule has 0 fully saturated rings. The highest BCUT2D eigenvalue weighted by Gasteiger charge is 2.11. The Morgan fingerprint density at radius 2 is 1.93 bits per heavy atom. The lowest BCUT2D eigenvalue weighted by atomic mass is 10.2. The lowest BCUT2D eigenvalue weighted by Crippen LogP contribution is -2.12. The molecule has 0 unspecified atom stereocenters. The Morgan fingerprint density at radius 1 is 1.19 bits per heavy atom. The van der Waals surface area contributed by atoms with Gasteiger partial charge in [-0.2, -0.15) is 5.10 Å². The molecule has 0 aliphatic carbocycles. The van der Waals surface area contributed by atoms with Gasteiger partial charge in [0.25, 0.3) is 0 Å². The summed E-state index contributed by atoms with van der Waals surface area (Å²) in [5, 5.41) is 4.21. The van der Waals surface area contributed by atoms with Crippen LogP contribution in [0.25, 0.3) is 0 Å². The highest BCUT2D eigenvalue weighted by molar-refractivity contribution is 6.32. The van der Waals surface area contributed by atoms with E-state index in [-0.39, 0.29) is 5.91 Å². The molecule has 0 spiro atoms. The third-order valence-corrected chi connectivity index (χ3v) is 3.85. The zero-order valence-corrected chi connectivity index (χ0v) is 16.4. The molecule has 0 saturated carbocycles. The Hall–Kier alpha value is -2.73. The van der Waals surface area contributed by atoms with Crippen LogP contribution in [0.5, 0.6) is 17.2 Å². The second kappa shape index (κ2) is 10.4. The molecule has 2 rings (SSSR count). The number of methoxy groups -OCH3 is 1. The number of amides is 1. The molecule has 1 amide bonds. The van der Waals surface area contributed by atoms with Crippen molar-refractivity contribution in [3.63, 3.8) is 0 Å². The summed E-state index contributed by atoms with van der Waals surface area (Å²) in [6.45, 7) is 4.35. The summed E-state index contributed by atoms with van der Waals surface area (Å²) in [6.07, 6.45) is 2.18. The summed E-state index contributed by atoms with van der Waals surface area (Å²) in [7, 11) is 1.54. The third kappa shape index (κ3) is 6.49. The molecule has 7 heteroatoms. The normalized spacial score (nSPS) is 10.7. The van der Waals surface area contributed by atoms with Crippen molar-refractivity contribution in [2.24, 2.45) is 5.10 Å². The predicted octanol–water partition coefficient (Wildman–Crippen LogP) is 3.97. The molecule has 0 bridgehead atoms. The van der Waals surface area contributed by atoms with E-state index in [9.17, 15) is 4.79 Å². The van der Waals surface area contributed by atoms with E-state index in [4.69, 9.17) is 25.8 Å². The van der Waals surface area contributed by atoms with Crippen LogP contribution in [0.4, 0.5) is 0 Å².